The van der Waals surface area contributed by atoms with Gasteiger partial charge in [0.25, 0.3) is 10.0 Å². The number of sulfonamides is 1. The molecule has 0 fully saturated rings. The number of benzene rings is 1. The van der Waals surface area contributed by atoms with E-state index in [-0.39, 0.29) is 4.90 Å². The van der Waals surface area contributed by atoms with Crippen molar-refractivity contribution < 1.29 is 8.42 Å². The van der Waals surface area contributed by atoms with Crippen LogP contribution < -0.4 is 4.72 Å². The van der Waals surface area contributed by atoms with Crippen LogP contribution in [0.3, 0.4) is 0 Å². The Bertz CT molecular complexity index is 762. The van der Waals surface area contributed by atoms with Crippen LogP contribution in [0.15, 0.2) is 46.5 Å². The Hall–Kier alpha value is -2.15. The van der Waals surface area contributed by atoms with E-state index in [1.165, 1.54) is 0 Å². The van der Waals surface area contributed by atoms with Crippen LogP contribution in [0.25, 0.3) is 0 Å². The van der Waals surface area contributed by atoms with Gasteiger partial charge in [0.15, 0.2) is 0 Å². The van der Waals surface area contributed by atoms with Gasteiger partial charge in [0.1, 0.15) is 5.84 Å². The molecule has 0 saturated heterocycles. The summed E-state index contributed by atoms with van der Waals surface area (Å²) in [6.45, 7) is 0.389. The molecule has 0 amide bonds. The lowest BCUT2D eigenvalue weighted by atomic mass is 10.2. The maximum Gasteiger partial charge on any atom is 0.263 e. The maximum atomic E-state index is 11.9. The first-order valence-electron chi connectivity index (χ1n) is 5.70. The van der Waals surface area contributed by atoms with E-state index in [0.29, 0.717) is 17.9 Å². The van der Waals surface area contributed by atoms with Gasteiger partial charge in [-0.25, -0.2) is 8.42 Å². The number of hydrogen-bond acceptors (Lipinski definition) is 4. The van der Waals surface area contributed by atoms with Crippen molar-refractivity contribution in [2.24, 2.45) is 12.0 Å². The number of hydrogen-bond donors (Lipinski definition) is 1. The molecular formula is C12H12N4O2S. The van der Waals surface area contributed by atoms with Crippen LogP contribution >= 0.6 is 0 Å². The molecule has 1 N–H and O–H groups in total. The molecule has 3 rings (SSSR count). The molecule has 0 bridgehead atoms. The normalized spacial score (nSPS) is 18.3. The van der Waals surface area contributed by atoms with E-state index in [1.807, 2.05) is 13.2 Å². The highest BCUT2D eigenvalue weighted by Crippen LogP contribution is 2.22. The van der Waals surface area contributed by atoms with Crippen LogP contribution in [0, 0.1) is 0 Å². The fraction of sp³-hybridized carbons (Fsp3) is 0.167. The van der Waals surface area contributed by atoms with Gasteiger partial charge in [0, 0.05) is 24.4 Å². The predicted octanol–water partition coefficient (Wildman–Crippen LogP) is 0.659. The second-order valence-corrected chi connectivity index (χ2v) is 5.94. The van der Waals surface area contributed by atoms with Gasteiger partial charge in [-0.05, 0) is 12.1 Å². The first kappa shape index (κ1) is 11.9. The monoisotopic (exact) mass is 276 g/mol. The number of aryl methyl sites for hydroxylation is 1. The lowest BCUT2D eigenvalue weighted by molar-refractivity contribution is 0.595. The highest BCUT2D eigenvalue weighted by atomic mass is 32.2. The van der Waals surface area contributed by atoms with Gasteiger partial charge in [-0.2, -0.15) is 5.10 Å². The fourth-order valence-corrected chi connectivity index (χ4v) is 3.23. The van der Waals surface area contributed by atoms with Crippen LogP contribution in [-0.4, -0.2) is 24.0 Å². The number of nitrogens with one attached hydrogen (secondary N) is 1. The van der Waals surface area contributed by atoms with Crippen molar-refractivity contribution >= 4 is 15.9 Å². The van der Waals surface area contributed by atoms with E-state index < -0.39 is 10.0 Å². The molecule has 7 heteroatoms. The van der Waals surface area contributed by atoms with Gasteiger partial charge in [0.2, 0.25) is 0 Å². The van der Waals surface area contributed by atoms with Crippen molar-refractivity contribution in [2.75, 3.05) is 0 Å². The summed E-state index contributed by atoms with van der Waals surface area (Å²) in [6.07, 6.45) is 3.55. The Morgan fingerprint density at radius 3 is 2.89 bits per heavy atom. The molecular weight excluding hydrogens is 264 g/mol. The molecule has 2 aromatic rings. The summed E-state index contributed by atoms with van der Waals surface area (Å²) in [6, 6.07) is 6.81. The minimum atomic E-state index is -3.46. The second-order valence-electron chi connectivity index (χ2n) is 4.29. The Morgan fingerprint density at radius 1 is 1.37 bits per heavy atom. The third-order valence-electron chi connectivity index (χ3n) is 2.84. The summed E-state index contributed by atoms with van der Waals surface area (Å²) in [7, 11) is -1.63. The van der Waals surface area contributed by atoms with E-state index in [9.17, 15) is 8.42 Å². The van der Waals surface area contributed by atoms with Crippen molar-refractivity contribution in [3.8, 4) is 0 Å². The molecule has 1 aromatic heterocycles. The van der Waals surface area contributed by atoms with E-state index in [0.717, 1.165) is 5.56 Å². The molecule has 0 aliphatic carbocycles. The van der Waals surface area contributed by atoms with Crippen molar-refractivity contribution in [2.45, 2.75) is 11.4 Å². The Kier molecular flexibility index (Phi) is 2.63. The molecule has 19 heavy (non-hydrogen) atoms. The predicted molar refractivity (Wildman–Crippen MR) is 70.2 cm³/mol. The zero-order chi connectivity index (χ0) is 13.5. The molecule has 0 unspecified atom stereocenters. The van der Waals surface area contributed by atoms with Gasteiger partial charge in [-0.15, -0.1) is 0 Å². The van der Waals surface area contributed by atoms with Gasteiger partial charge in [-0.1, -0.05) is 12.1 Å². The number of fused-ring (bicyclic) bond motifs is 1. The molecule has 1 aliphatic heterocycles. The minimum absolute atomic E-state index is 0.278. The van der Waals surface area contributed by atoms with Crippen molar-refractivity contribution in [3.05, 3.63) is 47.8 Å². The molecule has 0 radical (unpaired) electrons. The van der Waals surface area contributed by atoms with Crippen LogP contribution in [0.2, 0.25) is 0 Å². The lowest BCUT2D eigenvalue weighted by Crippen LogP contribution is -2.22. The molecule has 1 aromatic carbocycles. The number of aliphatic imine (C=N–C) groups is 1. The van der Waals surface area contributed by atoms with E-state index in [1.54, 1.807) is 35.1 Å². The van der Waals surface area contributed by atoms with Crippen LogP contribution in [0.4, 0.5) is 0 Å². The number of amidine groups is 1. The summed E-state index contributed by atoms with van der Waals surface area (Å²) >= 11 is 0. The fourth-order valence-electron chi connectivity index (χ4n) is 1.98. The van der Waals surface area contributed by atoms with Gasteiger partial charge in [-0.3, -0.25) is 14.4 Å². The number of rotatable bonds is 2. The largest absolute Gasteiger partial charge is 0.275 e. The molecule has 1 aliphatic rings. The average Bonchev–Trinajstić information content (AvgIpc) is 2.90. The van der Waals surface area contributed by atoms with Crippen LogP contribution in [-0.2, 0) is 23.6 Å². The minimum Gasteiger partial charge on any atom is -0.275 e. The van der Waals surface area contributed by atoms with Crippen LogP contribution in [0.1, 0.15) is 11.1 Å². The summed E-state index contributed by atoms with van der Waals surface area (Å²) in [5.74, 6) is 0.388. The first-order chi connectivity index (χ1) is 9.06. The zero-order valence-electron chi connectivity index (χ0n) is 10.2. The Balaban J connectivity index is 1.95. The highest BCUT2D eigenvalue weighted by Gasteiger charge is 2.29. The van der Waals surface area contributed by atoms with Crippen molar-refractivity contribution in [3.63, 3.8) is 0 Å². The maximum absolute atomic E-state index is 11.9. The molecule has 0 atom stereocenters. The third-order valence-corrected chi connectivity index (χ3v) is 4.24. The summed E-state index contributed by atoms with van der Waals surface area (Å²) in [5, 5.41) is 4.04. The topological polar surface area (TPSA) is 76.3 Å². The Labute approximate surface area is 110 Å². The Morgan fingerprint density at radius 2 is 2.16 bits per heavy atom. The van der Waals surface area contributed by atoms with Crippen molar-refractivity contribution in [1.29, 1.82) is 0 Å². The molecule has 0 saturated carbocycles. The highest BCUT2D eigenvalue weighted by molar-refractivity contribution is 7.90. The lowest BCUT2D eigenvalue weighted by Gasteiger charge is -1.97. The zero-order valence-corrected chi connectivity index (χ0v) is 11.1. The average molecular weight is 276 g/mol. The van der Waals surface area contributed by atoms with E-state index >= 15 is 0 Å². The molecule has 0 spiro atoms. The quantitative estimate of drug-likeness (QED) is 0.875. The van der Waals surface area contributed by atoms with Gasteiger partial charge in [0.05, 0.1) is 17.6 Å². The van der Waals surface area contributed by atoms with Gasteiger partial charge >= 0.3 is 0 Å². The summed E-state index contributed by atoms with van der Waals surface area (Å²) in [5.41, 5.74) is 1.55. The number of nitrogens with zero attached hydrogens (tertiary/aromatic N) is 3. The molecule has 6 nitrogen and oxygen atoms in total. The smallest absolute Gasteiger partial charge is 0.263 e. The summed E-state index contributed by atoms with van der Waals surface area (Å²) < 4.78 is 27.9. The second kappa shape index (κ2) is 4.20. The standard InChI is InChI=1S/C12H12N4O2S/c1-16-8-9(7-14-16)6-13-12-10-4-2-3-5-11(10)19(17,18)15-12/h2-5,7-8H,6H2,1H3,(H,13,15). The molecule has 98 valence electrons. The first-order valence-corrected chi connectivity index (χ1v) is 7.19. The van der Waals surface area contributed by atoms with Crippen LogP contribution in [0.5, 0.6) is 0 Å². The van der Waals surface area contributed by atoms with E-state index in [4.69, 9.17) is 0 Å². The summed E-state index contributed by atoms with van der Waals surface area (Å²) in [4.78, 5) is 4.59. The van der Waals surface area contributed by atoms with E-state index in [2.05, 4.69) is 14.8 Å². The SMILES string of the molecule is Cn1cc(CN=C2NS(=O)(=O)c3ccccc32)cn1. The molecule has 2 heterocycles. The van der Waals surface area contributed by atoms with Gasteiger partial charge < -0.3 is 0 Å². The third kappa shape index (κ3) is 2.12. The number of aromatic nitrogens is 2. The van der Waals surface area contributed by atoms with Crippen molar-refractivity contribution in [1.82, 2.24) is 14.5 Å².